The zero-order chi connectivity index (χ0) is 11.4. The van der Waals surface area contributed by atoms with Gasteiger partial charge in [0, 0.05) is 12.6 Å². The summed E-state index contributed by atoms with van der Waals surface area (Å²) >= 11 is 5.67. The molecule has 1 aromatic heterocycles. The summed E-state index contributed by atoms with van der Waals surface area (Å²) < 4.78 is 0. The van der Waals surface area contributed by atoms with E-state index in [0.29, 0.717) is 17.1 Å². The highest BCUT2D eigenvalue weighted by molar-refractivity contribution is 6.29. The van der Waals surface area contributed by atoms with Gasteiger partial charge in [0.1, 0.15) is 0 Å². The molecule has 1 rings (SSSR count). The number of nitrogens with zero attached hydrogens (tertiary/aromatic N) is 3. The second kappa shape index (κ2) is 5.42. The standard InChI is InChI=1S/C11H18ClN3/c1-8(2)9(3)15(4)7-10-5-6-11(12)14-13-10/h5-6,8-9H,7H2,1-4H3. The molecule has 1 heterocycles. The maximum Gasteiger partial charge on any atom is 0.151 e. The highest BCUT2D eigenvalue weighted by Gasteiger charge is 2.13. The fourth-order valence-corrected chi connectivity index (χ4v) is 1.44. The number of rotatable bonds is 4. The van der Waals surface area contributed by atoms with Crippen molar-refractivity contribution in [2.24, 2.45) is 5.92 Å². The van der Waals surface area contributed by atoms with Crippen molar-refractivity contribution in [1.82, 2.24) is 15.1 Å². The quantitative estimate of drug-likeness (QED) is 0.792. The minimum absolute atomic E-state index is 0.443. The van der Waals surface area contributed by atoms with Gasteiger partial charge in [0.15, 0.2) is 5.15 Å². The number of hydrogen-bond donors (Lipinski definition) is 0. The van der Waals surface area contributed by atoms with Gasteiger partial charge in [-0.05, 0) is 32.0 Å². The van der Waals surface area contributed by atoms with Crippen LogP contribution in [0.4, 0.5) is 0 Å². The van der Waals surface area contributed by atoms with E-state index in [9.17, 15) is 0 Å². The Morgan fingerprint density at radius 2 is 1.93 bits per heavy atom. The topological polar surface area (TPSA) is 29.0 Å². The molecule has 1 aromatic rings. The van der Waals surface area contributed by atoms with Crippen LogP contribution in [0.15, 0.2) is 12.1 Å². The van der Waals surface area contributed by atoms with Crippen LogP contribution in [0.2, 0.25) is 5.15 Å². The predicted molar refractivity (Wildman–Crippen MR) is 62.8 cm³/mol. The summed E-state index contributed by atoms with van der Waals surface area (Å²) in [5, 5.41) is 8.30. The number of hydrogen-bond acceptors (Lipinski definition) is 3. The summed E-state index contributed by atoms with van der Waals surface area (Å²) in [6, 6.07) is 4.22. The fourth-order valence-electron chi connectivity index (χ4n) is 1.34. The number of halogens is 1. The first-order valence-electron chi connectivity index (χ1n) is 5.19. The summed E-state index contributed by atoms with van der Waals surface area (Å²) in [6.45, 7) is 7.46. The lowest BCUT2D eigenvalue weighted by Crippen LogP contribution is -2.33. The van der Waals surface area contributed by atoms with Crippen LogP contribution in [0.25, 0.3) is 0 Å². The van der Waals surface area contributed by atoms with Crippen molar-refractivity contribution in [2.75, 3.05) is 7.05 Å². The monoisotopic (exact) mass is 227 g/mol. The van der Waals surface area contributed by atoms with E-state index in [1.54, 1.807) is 6.07 Å². The van der Waals surface area contributed by atoms with Crippen LogP contribution in [-0.4, -0.2) is 28.2 Å². The smallest absolute Gasteiger partial charge is 0.151 e. The van der Waals surface area contributed by atoms with Crippen molar-refractivity contribution in [3.8, 4) is 0 Å². The molecular formula is C11H18ClN3. The van der Waals surface area contributed by atoms with Crippen molar-refractivity contribution in [3.05, 3.63) is 23.0 Å². The second-order valence-electron chi connectivity index (χ2n) is 4.25. The first-order chi connectivity index (χ1) is 7.00. The van der Waals surface area contributed by atoms with E-state index in [2.05, 4.69) is 42.9 Å². The molecule has 3 nitrogen and oxygen atoms in total. The minimum atomic E-state index is 0.443. The summed E-state index contributed by atoms with van der Waals surface area (Å²) in [5.74, 6) is 0.634. The van der Waals surface area contributed by atoms with Crippen molar-refractivity contribution in [3.63, 3.8) is 0 Å². The molecule has 0 bridgehead atoms. The summed E-state index contributed by atoms with van der Waals surface area (Å²) in [4.78, 5) is 2.27. The zero-order valence-corrected chi connectivity index (χ0v) is 10.5. The molecule has 84 valence electrons. The van der Waals surface area contributed by atoms with Gasteiger partial charge in [-0.25, -0.2) is 0 Å². The lowest BCUT2D eigenvalue weighted by molar-refractivity contribution is 0.198. The lowest BCUT2D eigenvalue weighted by atomic mass is 10.1. The van der Waals surface area contributed by atoms with Crippen molar-refractivity contribution in [2.45, 2.75) is 33.4 Å². The fraction of sp³-hybridized carbons (Fsp3) is 0.636. The molecule has 1 atom stereocenters. The van der Waals surface area contributed by atoms with E-state index in [1.807, 2.05) is 6.07 Å². The SMILES string of the molecule is CC(C)C(C)N(C)Cc1ccc(Cl)nn1. The normalized spacial score (nSPS) is 13.5. The third-order valence-electron chi connectivity index (χ3n) is 2.76. The van der Waals surface area contributed by atoms with Gasteiger partial charge in [0.05, 0.1) is 5.69 Å². The average molecular weight is 228 g/mol. The van der Waals surface area contributed by atoms with Crippen molar-refractivity contribution < 1.29 is 0 Å². The first kappa shape index (κ1) is 12.4. The van der Waals surface area contributed by atoms with Gasteiger partial charge >= 0.3 is 0 Å². The molecular weight excluding hydrogens is 210 g/mol. The highest BCUT2D eigenvalue weighted by atomic mass is 35.5. The Morgan fingerprint density at radius 3 is 2.40 bits per heavy atom. The molecule has 0 spiro atoms. The maximum absolute atomic E-state index is 5.67. The average Bonchev–Trinajstić information content (AvgIpc) is 2.20. The Bertz CT molecular complexity index is 297. The maximum atomic E-state index is 5.67. The third-order valence-corrected chi connectivity index (χ3v) is 2.96. The Hall–Kier alpha value is -0.670. The van der Waals surface area contributed by atoms with Crippen molar-refractivity contribution in [1.29, 1.82) is 0 Å². The van der Waals surface area contributed by atoms with Crippen LogP contribution in [0.5, 0.6) is 0 Å². The molecule has 0 N–H and O–H groups in total. The number of aromatic nitrogens is 2. The minimum Gasteiger partial charge on any atom is -0.298 e. The molecule has 0 saturated carbocycles. The first-order valence-corrected chi connectivity index (χ1v) is 5.57. The van der Waals surface area contributed by atoms with Gasteiger partial charge in [-0.1, -0.05) is 25.4 Å². The van der Waals surface area contributed by atoms with Gasteiger partial charge in [-0.2, -0.15) is 5.10 Å². The molecule has 0 aliphatic heterocycles. The molecule has 0 saturated heterocycles. The summed E-state index contributed by atoms with van der Waals surface area (Å²) in [6.07, 6.45) is 0. The molecule has 1 unspecified atom stereocenters. The van der Waals surface area contributed by atoms with Gasteiger partial charge in [-0.15, -0.1) is 5.10 Å². The zero-order valence-electron chi connectivity index (χ0n) is 9.74. The lowest BCUT2D eigenvalue weighted by Gasteiger charge is -2.27. The van der Waals surface area contributed by atoms with Crippen LogP contribution in [-0.2, 0) is 6.54 Å². The molecule has 15 heavy (non-hydrogen) atoms. The highest BCUT2D eigenvalue weighted by Crippen LogP contribution is 2.11. The summed E-state index contributed by atoms with van der Waals surface area (Å²) in [5.41, 5.74) is 0.953. The van der Waals surface area contributed by atoms with Crippen LogP contribution >= 0.6 is 11.6 Å². The van der Waals surface area contributed by atoms with E-state index in [1.165, 1.54) is 0 Å². The van der Waals surface area contributed by atoms with Crippen LogP contribution < -0.4 is 0 Å². The molecule has 0 aromatic carbocycles. The van der Waals surface area contributed by atoms with Gasteiger partial charge in [0.2, 0.25) is 0 Å². The Kier molecular flexibility index (Phi) is 4.48. The van der Waals surface area contributed by atoms with Crippen LogP contribution in [0, 0.1) is 5.92 Å². The Balaban J connectivity index is 2.58. The van der Waals surface area contributed by atoms with Crippen molar-refractivity contribution >= 4 is 11.6 Å². The van der Waals surface area contributed by atoms with E-state index >= 15 is 0 Å². The third kappa shape index (κ3) is 3.76. The van der Waals surface area contributed by atoms with E-state index < -0.39 is 0 Å². The van der Waals surface area contributed by atoms with Gasteiger partial charge < -0.3 is 0 Å². The van der Waals surface area contributed by atoms with E-state index in [0.717, 1.165) is 12.2 Å². The Morgan fingerprint density at radius 1 is 1.27 bits per heavy atom. The summed E-state index contributed by atoms with van der Waals surface area (Å²) in [7, 11) is 2.10. The Labute approximate surface area is 96.5 Å². The van der Waals surface area contributed by atoms with E-state index in [-0.39, 0.29) is 0 Å². The molecule has 0 amide bonds. The van der Waals surface area contributed by atoms with Gasteiger partial charge in [0.25, 0.3) is 0 Å². The molecule has 0 radical (unpaired) electrons. The largest absolute Gasteiger partial charge is 0.298 e. The predicted octanol–water partition coefficient (Wildman–Crippen LogP) is 2.61. The van der Waals surface area contributed by atoms with Crippen LogP contribution in [0.1, 0.15) is 26.5 Å². The second-order valence-corrected chi connectivity index (χ2v) is 4.63. The van der Waals surface area contributed by atoms with Crippen LogP contribution in [0.3, 0.4) is 0 Å². The molecule has 0 fully saturated rings. The van der Waals surface area contributed by atoms with Gasteiger partial charge in [-0.3, -0.25) is 4.90 Å². The van der Waals surface area contributed by atoms with E-state index in [4.69, 9.17) is 11.6 Å². The molecule has 0 aliphatic rings. The molecule has 0 aliphatic carbocycles. The molecule has 4 heteroatoms.